The van der Waals surface area contributed by atoms with E-state index in [9.17, 15) is 0 Å². The van der Waals surface area contributed by atoms with Gasteiger partial charge in [-0.15, -0.1) is 0 Å². The number of benzene rings is 1. The zero-order chi connectivity index (χ0) is 5.11. The van der Waals surface area contributed by atoms with E-state index < -0.39 is 0 Å². The van der Waals surface area contributed by atoms with Crippen LogP contribution in [0.25, 0.3) is 0 Å². The van der Waals surface area contributed by atoms with E-state index in [0.717, 1.165) is 0 Å². The molecule has 1 aromatic rings. The van der Waals surface area contributed by atoms with Gasteiger partial charge in [-0.05, 0) is 34.7 Å². The van der Waals surface area contributed by atoms with Gasteiger partial charge in [-0.3, -0.25) is 0 Å². The Labute approximate surface area is 75.6 Å². The number of rotatable bonds is 0. The van der Waals surface area contributed by atoms with E-state index in [1.807, 2.05) is 18.2 Å². The monoisotopic (exact) mass is 268 g/mol. The topological polar surface area (TPSA) is 0 Å². The van der Waals surface area contributed by atoms with E-state index in [4.69, 9.17) is 0 Å². The second-order valence-electron chi connectivity index (χ2n) is 1.30. The van der Waals surface area contributed by atoms with Gasteiger partial charge in [0.15, 0.2) is 0 Å². The molecular weight excluding hydrogens is 264 g/mol. The van der Waals surface area contributed by atoms with E-state index in [1.54, 1.807) is 0 Å². The predicted octanol–water partition coefficient (Wildman–Crippen LogP) is 2.29. The van der Waals surface area contributed by atoms with Gasteiger partial charge >= 0.3 is 19.5 Å². The summed E-state index contributed by atoms with van der Waals surface area (Å²) in [6.45, 7) is 0. The van der Waals surface area contributed by atoms with Crippen LogP contribution < -0.4 is 0 Å². The Morgan fingerprint density at radius 3 is 1.75 bits per heavy atom. The molecule has 0 fully saturated rings. The summed E-state index contributed by atoms with van der Waals surface area (Å²) in [5.74, 6) is 0. The van der Waals surface area contributed by atoms with Crippen molar-refractivity contribution in [3.63, 3.8) is 0 Å². The molecule has 0 radical (unpaired) electrons. The number of halogens is 1. The molecule has 0 spiro atoms. The summed E-state index contributed by atoms with van der Waals surface area (Å²) in [6, 6.07) is 10.2. The maximum absolute atomic E-state index is 2.28. The fraction of sp³-hybridized carbons (Fsp3) is 0. The van der Waals surface area contributed by atoms with E-state index >= 15 is 0 Å². The van der Waals surface area contributed by atoms with Crippen molar-refractivity contribution in [2.24, 2.45) is 0 Å². The first-order valence-electron chi connectivity index (χ1n) is 2.10. The zero-order valence-electron chi connectivity index (χ0n) is 4.47. The molecule has 36 valence electrons. The minimum Gasteiger partial charge on any atom is -0.0622 e. The van der Waals surface area contributed by atoms with E-state index in [0.29, 0.717) is 0 Å². The molecule has 0 aliphatic rings. The van der Waals surface area contributed by atoms with Gasteiger partial charge < -0.3 is 0 Å². The molecule has 0 saturated carbocycles. The molecule has 0 saturated heterocycles. The number of hydrogen-bond donors (Lipinski definition) is 0. The molecule has 0 atom stereocenters. The Balaban J connectivity index is 0.000000490. The quantitative estimate of drug-likeness (QED) is 0.501. The fourth-order valence-electron chi connectivity index (χ4n) is 0.415. The van der Waals surface area contributed by atoms with Gasteiger partial charge in [-0.2, -0.15) is 0 Å². The van der Waals surface area contributed by atoms with Crippen LogP contribution in [0.4, 0.5) is 0 Å². The fourth-order valence-corrected chi connectivity index (χ4v) is 0.830. The molecule has 0 bridgehead atoms. The average molecular weight is 269 g/mol. The van der Waals surface area contributed by atoms with E-state index in [2.05, 4.69) is 34.7 Å². The predicted molar refractivity (Wildman–Crippen MR) is 39.2 cm³/mol. The van der Waals surface area contributed by atoms with Crippen LogP contribution in [-0.4, -0.2) is 0 Å². The molecule has 0 nitrogen and oxygen atoms in total. The van der Waals surface area contributed by atoms with Gasteiger partial charge in [-0.1, -0.05) is 18.2 Å². The molecule has 1 aromatic carbocycles. The first kappa shape index (κ1) is 8.57. The zero-order valence-corrected chi connectivity index (χ0v) is 9.60. The maximum atomic E-state index is 2.28. The van der Waals surface area contributed by atoms with Crippen molar-refractivity contribution in [3.05, 3.63) is 33.9 Å². The summed E-state index contributed by atoms with van der Waals surface area (Å²) in [4.78, 5) is 0. The summed E-state index contributed by atoms with van der Waals surface area (Å²) < 4.78 is 1.29. The molecule has 0 aliphatic carbocycles. The Kier molecular flexibility index (Phi) is 4.77. The van der Waals surface area contributed by atoms with Crippen molar-refractivity contribution < 1.29 is 19.5 Å². The molecule has 2 heteroatoms. The molecule has 0 heterocycles. The van der Waals surface area contributed by atoms with Crippen LogP contribution in [-0.2, 0) is 19.5 Å². The Bertz CT molecular complexity index is 138. The summed E-state index contributed by atoms with van der Waals surface area (Å²) in [5, 5.41) is 0. The van der Waals surface area contributed by atoms with Crippen LogP contribution in [0.2, 0.25) is 0 Å². The Hall–Kier alpha value is 0.573. The molecule has 0 aromatic heterocycles. The molecule has 1 rings (SSSR count). The Morgan fingerprint density at radius 1 is 1.00 bits per heavy atom. The van der Waals surface area contributed by atoms with Gasteiger partial charge in [0, 0.05) is 3.57 Å². The summed E-state index contributed by atoms with van der Waals surface area (Å²) in [7, 11) is 0. The first-order valence-corrected chi connectivity index (χ1v) is 3.18. The minimum atomic E-state index is 0. The largest absolute Gasteiger partial charge is 2.00 e. The summed E-state index contributed by atoms with van der Waals surface area (Å²) in [5.41, 5.74) is 0. The minimum absolute atomic E-state index is 0. The van der Waals surface area contributed by atoms with Crippen LogP contribution in [0.5, 0.6) is 0 Å². The molecule has 0 unspecified atom stereocenters. The average Bonchev–Trinajstić information content (AvgIpc) is 1.69. The van der Waals surface area contributed by atoms with Crippen molar-refractivity contribution in [3.8, 4) is 0 Å². The van der Waals surface area contributed by atoms with Crippen LogP contribution in [0.3, 0.4) is 0 Å². The van der Waals surface area contributed by atoms with Crippen molar-refractivity contribution in [1.29, 1.82) is 0 Å². The third-order valence-corrected chi connectivity index (χ3v) is 1.45. The third kappa shape index (κ3) is 2.78. The van der Waals surface area contributed by atoms with Gasteiger partial charge in [0.2, 0.25) is 0 Å². The van der Waals surface area contributed by atoms with Gasteiger partial charge in [0.25, 0.3) is 0 Å². The van der Waals surface area contributed by atoms with Crippen LogP contribution in [0.15, 0.2) is 30.3 Å². The van der Waals surface area contributed by atoms with Gasteiger partial charge in [0.05, 0.1) is 0 Å². The second kappa shape index (κ2) is 4.45. The van der Waals surface area contributed by atoms with Crippen molar-refractivity contribution in [2.75, 3.05) is 0 Å². The number of hydrogen-bond acceptors (Lipinski definition) is 0. The van der Waals surface area contributed by atoms with Crippen LogP contribution in [0.1, 0.15) is 0 Å². The molecule has 0 amide bonds. The van der Waals surface area contributed by atoms with Crippen LogP contribution >= 0.6 is 22.6 Å². The maximum Gasteiger partial charge on any atom is 2.00 e. The summed E-state index contributed by atoms with van der Waals surface area (Å²) in [6.07, 6.45) is 0. The van der Waals surface area contributed by atoms with E-state index in [1.165, 1.54) is 3.57 Å². The SMILES string of the molecule is Ic1ccccc1.[Zn+2]. The van der Waals surface area contributed by atoms with Crippen LogP contribution in [0, 0.1) is 3.57 Å². The smallest absolute Gasteiger partial charge is 0.0622 e. The molecule has 0 N–H and O–H groups in total. The molecular formula is C6H5IZn+2. The van der Waals surface area contributed by atoms with Gasteiger partial charge in [-0.25, -0.2) is 0 Å². The molecule has 8 heavy (non-hydrogen) atoms. The standard InChI is InChI=1S/C6H5I.Zn/c7-6-4-2-1-3-5-6;/h1-5H;/q;+2. The second-order valence-corrected chi connectivity index (χ2v) is 2.54. The van der Waals surface area contributed by atoms with Crippen molar-refractivity contribution in [2.45, 2.75) is 0 Å². The van der Waals surface area contributed by atoms with Gasteiger partial charge in [0.1, 0.15) is 0 Å². The van der Waals surface area contributed by atoms with Crippen molar-refractivity contribution in [1.82, 2.24) is 0 Å². The van der Waals surface area contributed by atoms with Crippen molar-refractivity contribution >= 4 is 22.6 Å². The molecule has 0 aliphatic heterocycles. The Morgan fingerprint density at radius 2 is 1.50 bits per heavy atom. The third-order valence-electron chi connectivity index (χ3n) is 0.733. The summed E-state index contributed by atoms with van der Waals surface area (Å²) >= 11 is 2.28. The normalized spacial score (nSPS) is 7.62. The van der Waals surface area contributed by atoms with E-state index in [-0.39, 0.29) is 19.5 Å². The first-order chi connectivity index (χ1) is 3.39.